The molecule has 1 aromatic rings. The summed E-state index contributed by atoms with van der Waals surface area (Å²) in [7, 11) is 1.60. The van der Waals surface area contributed by atoms with Crippen molar-refractivity contribution in [3.63, 3.8) is 0 Å². The third-order valence-corrected chi connectivity index (χ3v) is 4.90. The lowest BCUT2D eigenvalue weighted by Crippen LogP contribution is -2.63. The molecule has 2 aliphatic heterocycles. The molecule has 1 aliphatic carbocycles. The second-order valence-corrected chi connectivity index (χ2v) is 6.25. The highest BCUT2D eigenvalue weighted by Crippen LogP contribution is 2.40. The number of alkyl halides is 3. The summed E-state index contributed by atoms with van der Waals surface area (Å²) < 4.78 is 48.7. The number of ether oxygens (including phenoxy) is 2. The van der Waals surface area contributed by atoms with Crippen molar-refractivity contribution in [1.29, 1.82) is 0 Å². The Bertz CT molecular complexity index is 579. The lowest BCUT2D eigenvalue weighted by molar-refractivity contribution is -0.144. The standard InChI is InChI=1S/C16H19F3N2O3/c1-23-8-13-10-2-4-12(21(13)9-22)14(6-10)24-15-5-3-11(7-20-15)16(17,18)19/h3,5,7,9-10,12-14H,2,4,6,8H2,1H3/t10-,12+,13-,14-/m1/s1. The van der Waals surface area contributed by atoms with Gasteiger partial charge in [0.1, 0.15) is 6.10 Å². The number of rotatable bonds is 5. The molecule has 132 valence electrons. The Balaban J connectivity index is 1.71. The molecule has 1 amide bonds. The fourth-order valence-electron chi connectivity index (χ4n) is 3.77. The second-order valence-electron chi connectivity index (χ2n) is 6.25. The number of halogens is 3. The van der Waals surface area contributed by atoms with Gasteiger partial charge in [0, 0.05) is 19.4 Å². The molecule has 0 spiro atoms. The van der Waals surface area contributed by atoms with Crippen LogP contribution < -0.4 is 4.74 Å². The summed E-state index contributed by atoms with van der Waals surface area (Å²) in [4.78, 5) is 16.9. The largest absolute Gasteiger partial charge is 0.472 e. The Morgan fingerprint density at radius 1 is 1.38 bits per heavy atom. The number of hydrogen-bond donors (Lipinski definition) is 0. The van der Waals surface area contributed by atoms with E-state index >= 15 is 0 Å². The molecule has 5 nitrogen and oxygen atoms in total. The number of amides is 1. The molecule has 3 heterocycles. The van der Waals surface area contributed by atoms with Gasteiger partial charge >= 0.3 is 6.18 Å². The van der Waals surface area contributed by atoms with Crippen molar-refractivity contribution >= 4 is 6.41 Å². The van der Waals surface area contributed by atoms with E-state index in [4.69, 9.17) is 9.47 Å². The third kappa shape index (κ3) is 3.19. The van der Waals surface area contributed by atoms with E-state index in [1.54, 1.807) is 12.0 Å². The summed E-state index contributed by atoms with van der Waals surface area (Å²) in [5.74, 6) is 0.411. The molecule has 8 heteroatoms. The molecule has 24 heavy (non-hydrogen) atoms. The highest BCUT2D eigenvalue weighted by molar-refractivity contribution is 5.50. The third-order valence-electron chi connectivity index (χ3n) is 4.90. The van der Waals surface area contributed by atoms with Crippen LogP contribution in [0.25, 0.3) is 0 Å². The molecule has 1 saturated carbocycles. The van der Waals surface area contributed by atoms with Gasteiger partial charge in [-0.3, -0.25) is 4.79 Å². The van der Waals surface area contributed by atoms with Crippen molar-refractivity contribution in [2.45, 2.75) is 43.6 Å². The maximum absolute atomic E-state index is 12.6. The van der Waals surface area contributed by atoms with Crippen molar-refractivity contribution in [2.75, 3.05) is 13.7 Å². The molecule has 4 rings (SSSR count). The second kappa shape index (κ2) is 6.58. The van der Waals surface area contributed by atoms with Gasteiger partial charge in [0.25, 0.3) is 0 Å². The van der Waals surface area contributed by atoms with Crippen molar-refractivity contribution in [1.82, 2.24) is 9.88 Å². The van der Waals surface area contributed by atoms with E-state index in [0.29, 0.717) is 6.61 Å². The van der Waals surface area contributed by atoms with Crippen LogP contribution in [0.4, 0.5) is 13.2 Å². The van der Waals surface area contributed by atoms with Gasteiger partial charge in [-0.05, 0) is 31.2 Å². The fourth-order valence-corrected chi connectivity index (χ4v) is 3.77. The number of carbonyl (C=O) groups is 1. The summed E-state index contributed by atoms with van der Waals surface area (Å²) in [5, 5.41) is 0. The number of methoxy groups -OCH3 is 1. The molecule has 4 atom stereocenters. The topological polar surface area (TPSA) is 51.7 Å². The molecule has 0 N–H and O–H groups in total. The monoisotopic (exact) mass is 344 g/mol. The van der Waals surface area contributed by atoms with Crippen molar-refractivity contribution in [3.8, 4) is 5.88 Å². The van der Waals surface area contributed by atoms with Crippen LogP contribution in [0.5, 0.6) is 5.88 Å². The van der Waals surface area contributed by atoms with Crippen LogP contribution in [0.15, 0.2) is 18.3 Å². The first-order valence-electron chi connectivity index (χ1n) is 7.85. The number of fused-ring (bicyclic) bond motifs is 3. The van der Waals surface area contributed by atoms with Gasteiger partial charge in [-0.2, -0.15) is 13.2 Å². The Morgan fingerprint density at radius 3 is 2.75 bits per heavy atom. The summed E-state index contributed by atoms with van der Waals surface area (Å²) in [6.07, 6.45) is -0.551. The van der Waals surface area contributed by atoms with Crippen LogP contribution in [0.3, 0.4) is 0 Å². The van der Waals surface area contributed by atoms with Crippen LogP contribution in [0.2, 0.25) is 0 Å². The average molecular weight is 344 g/mol. The van der Waals surface area contributed by atoms with E-state index in [2.05, 4.69) is 4.98 Å². The van der Waals surface area contributed by atoms with Gasteiger partial charge in [0.2, 0.25) is 12.3 Å². The van der Waals surface area contributed by atoms with Gasteiger partial charge in [-0.15, -0.1) is 0 Å². The van der Waals surface area contributed by atoms with E-state index in [1.165, 1.54) is 6.07 Å². The molecule has 0 aromatic carbocycles. The summed E-state index contributed by atoms with van der Waals surface area (Å²) in [6, 6.07) is 2.11. The van der Waals surface area contributed by atoms with Crippen molar-refractivity contribution < 1.29 is 27.4 Å². The van der Waals surface area contributed by atoms with E-state index in [-0.39, 0.29) is 30.0 Å². The minimum absolute atomic E-state index is 0.0339. The molecular formula is C16H19F3N2O3. The Labute approximate surface area is 137 Å². The normalized spacial score (nSPS) is 29.6. The van der Waals surface area contributed by atoms with Crippen molar-refractivity contribution in [3.05, 3.63) is 23.9 Å². The van der Waals surface area contributed by atoms with E-state index in [9.17, 15) is 18.0 Å². The molecule has 3 fully saturated rings. The molecule has 2 bridgehead atoms. The van der Waals surface area contributed by atoms with Gasteiger partial charge in [-0.25, -0.2) is 4.98 Å². The van der Waals surface area contributed by atoms with Crippen LogP contribution in [0.1, 0.15) is 24.8 Å². The fraction of sp³-hybridized carbons (Fsp3) is 0.625. The summed E-state index contributed by atoms with van der Waals surface area (Å²) >= 11 is 0. The first-order valence-corrected chi connectivity index (χ1v) is 7.85. The SMILES string of the molecule is COC[C@@H]1[C@@H]2CC[C@@H]([C@H](Oc3ccc(C(F)(F)F)cn3)C2)N1C=O. The first-order chi connectivity index (χ1) is 11.4. The number of carbonyl (C=O) groups excluding carboxylic acids is 1. The molecule has 0 unspecified atom stereocenters. The van der Waals surface area contributed by atoms with Gasteiger partial charge in [-0.1, -0.05) is 0 Å². The van der Waals surface area contributed by atoms with Gasteiger partial charge in [0.05, 0.1) is 24.3 Å². The Kier molecular flexibility index (Phi) is 4.67. The molecular weight excluding hydrogens is 325 g/mol. The lowest BCUT2D eigenvalue weighted by Gasteiger charge is -2.52. The minimum atomic E-state index is -4.42. The van der Waals surface area contributed by atoms with Gasteiger partial charge < -0.3 is 14.4 Å². The number of pyridine rings is 1. The molecule has 1 aromatic heterocycles. The molecule has 0 radical (unpaired) electrons. The maximum atomic E-state index is 12.6. The predicted octanol–water partition coefficient (Wildman–Crippen LogP) is 2.50. The number of nitrogens with zero attached hydrogens (tertiary/aromatic N) is 2. The highest BCUT2D eigenvalue weighted by atomic mass is 19.4. The molecule has 2 saturated heterocycles. The summed E-state index contributed by atoms with van der Waals surface area (Å²) in [5.41, 5.74) is -0.810. The first kappa shape index (κ1) is 17.0. The number of aromatic nitrogens is 1. The Morgan fingerprint density at radius 2 is 2.17 bits per heavy atom. The van der Waals surface area contributed by atoms with E-state index in [0.717, 1.165) is 37.9 Å². The zero-order valence-corrected chi connectivity index (χ0v) is 13.2. The van der Waals surface area contributed by atoms with Crippen LogP contribution in [-0.2, 0) is 15.7 Å². The number of hydrogen-bond acceptors (Lipinski definition) is 4. The van der Waals surface area contributed by atoms with Crippen molar-refractivity contribution in [2.24, 2.45) is 5.92 Å². The Hall–Kier alpha value is -1.83. The zero-order chi connectivity index (χ0) is 17.3. The average Bonchev–Trinajstić information content (AvgIpc) is 2.56. The van der Waals surface area contributed by atoms with Crippen LogP contribution in [0, 0.1) is 5.92 Å². The van der Waals surface area contributed by atoms with Crippen LogP contribution in [-0.4, -0.2) is 48.2 Å². The predicted molar refractivity (Wildman–Crippen MR) is 78.4 cm³/mol. The van der Waals surface area contributed by atoms with E-state index < -0.39 is 11.7 Å². The van der Waals surface area contributed by atoms with E-state index in [1.807, 2.05) is 0 Å². The highest BCUT2D eigenvalue weighted by Gasteiger charge is 2.47. The quantitative estimate of drug-likeness (QED) is 0.770. The number of piperidine rings is 2. The van der Waals surface area contributed by atoms with Crippen LogP contribution >= 0.6 is 0 Å². The maximum Gasteiger partial charge on any atom is 0.417 e. The summed E-state index contributed by atoms with van der Waals surface area (Å²) in [6.45, 7) is 0.477. The smallest absolute Gasteiger partial charge is 0.417 e. The molecule has 3 aliphatic rings. The lowest BCUT2D eigenvalue weighted by atomic mass is 9.73. The van der Waals surface area contributed by atoms with Gasteiger partial charge in [0.15, 0.2) is 0 Å². The minimum Gasteiger partial charge on any atom is -0.472 e. The zero-order valence-electron chi connectivity index (χ0n) is 13.2.